The van der Waals surface area contributed by atoms with Crippen LogP contribution in [-0.4, -0.2) is 23.3 Å². The van der Waals surface area contributed by atoms with Gasteiger partial charge in [-0.2, -0.15) is 12.6 Å². The molecule has 0 bridgehead atoms. The summed E-state index contributed by atoms with van der Waals surface area (Å²) in [5.41, 5.74) is 2.33. The summed E-state index contributed by atoms with van der Waals surface area (Å²) in [5, 5.41) is 0.588. The summed E-state index contributed by atoms with van der Waals surface area (Å²) < 4.78 is 0. The van der Waals surface area contributed by atoms with E-state index in [1.54, 1.807) is 0 Å². The second-order valence-electron chi connectivity index (χ2n) is 3.88. The lowest BCUT2D eigenvalue weighted by Crippen LogP contribution is -2.34. The fourth-order valence-electron chi connectivity index (χ4n) is 1.77. The van der Waals surface area contributed by atoms with Crippen molar-refractivity contribution in [2.45, 2.75) is 25.0 Å². The molecule has 2 heterocycles. The highest BCUT2D eigenvalue weighted by Gasteiger charge is 2.16. The standard InChI is InChI=1S/C11H16N2S/c1-9-2-3-10(8-12-9)13-6-4-11(14)5-7-13/h2-3,8,11,14H,4-7H2,1H3. The zero-order valence-electron chi connectivity index (χ0n) is 8.48. The molecule has 1 aliphatic heterocycles. The maximum Gasteiger partial charge on any atom is 0.0552 e. The molecule has 3 heteroatoms. The average molecular weight is 208 g/mol. The van der Waals surface area contributed by atoms with Crippen molar-refractivity contribution in [3.63, 3.8) is 0 Å². The van der Waals surface area contributed by atoms with Crippen molar-refractivity contribution in [1.29, 1.82) is 0 Å². The van der Waals surface area contributed by atoms with E-state index in [-0.39, 0.29) is 0 Å². The second kappa shape index (κ2) is 4.22. The summed E-state index contributed by atoms with van der Waals surface area (Å²) >= 11 is 4.49. The first-order valence-electron chi connectivity index (χ1n) is 5.11. The van der Waals surface area contributed by atoms with Gasteiger partial charge in [-0.25, -0.2) is 0 Å². The molecule has 0 radical (unpaired) electrons. The van der Waals surface area contributed by atoms with E-state index >= 15 is 0 Å². The highest BCUT2D eigenvalue weighted by Crippen LogP contribution is 2.21. The fourth-order valence-corrected chi connectivity index (χ4v) is 2.00. The second-order valence-corrected chi connectivity index (χ2v) is 4.61. The van der Waals surface area contributed by atoms with Gasteiger partial charge in [0.15, 0.2) is 0 Å². The third kappa shape index (κ3) is 2.21. The number of thiol groups is 1. The van der Waals surface area contributed by atoms with Crippen molar-refractivity contribution in [3.8, 4) is 0 Å². The van der Waals surface area contributed by atoms with Crippen molar-refractivity contribution in [1.82, 2.24) is 4.98 Å². The lowest BCUT2D eigenvalue weighted by Gasteiger charge is -2.31. The van der Waals surface area contributed by atoms with E-state index in [4.69, 9.17) is 0 Å². The van der Waals surface area contributed by atoms with Gasteiger partial charge >= 0.3 is 0 Å². The minimum atomic E-state index is 0.588. The first kappa shape index (κ1) is 9.84. The van der Waals surface area contributed by atoms with Crippen molar-refractivity contribution in [2.24, 2.45) is 0 Å². The molecule has 76 valence electrons. The Bertz CT molecular complexity index is 289. The summed E-state index contributed by atoms with van der Waals surface area (Å²) in [6.07, 6.45) is 4.32. The maximum absolute atomic E-state index is 4.49. The molecule has 0 atom stereocenters. The Balaban J connectivity index is 2.05. The molecule has 14 heavy (non-hydrogen) atoms. The lowest BCUT2D eigenvalue weighted by atomic mass is 10.1. The molecule has 0 aliphatic carbocycles. The van der Waals surface area contributed by atoms with Gasteiger partial charge in [0.1, 0.15) is 0 Å². The van der Waals surface area contributed by atoms with Gasteiger partial charge in [-0.3, -0.25) is 4.98 Å². The first-order valence-corrected chi connectivity index (χ1v) is 5.63. The molecule has 0 N–H and O–H groups in total. The molecule has 2 rings (SSSR count). The van der Waals surface area contributed by atoms with Crippen LogP contribution in [-0.2, 0) is 0 Å². The minimum absolute atomic E-state index is 0.588. The van der Waals surface area contributed by atoms with Gasteiger partial charge in [-0.15, -0.1) is 0 Å². The first-order chi connectivity index (χ1) is 6.75. The van der Waals surface area contributed by atoms with E-state index in [0.717, 1.165) is 18.8 Å². The Morgan fingerprint density at radius 2 is 2.07 bits per heavy atom. The summed E-state index contributed by atoms with van der Waals surface area (Å²) in [4.78, 5) is 6.70. The van der Waals surface area contributed by atoms with E-state index in [1.807, 2.05) is 13.1 Å². The summed E-state index contributed by atoms with van der Waals surface area (Å²) in [6.45, 7) is 4.24. The zero-order chi connectivity index (χ0) is 9.97. The largest absolute Gasteiger partial charge is 0.370 e. The van der Waals surface area contributed by atoms with Crippen LogP contribution in [0.15, 0.2) is 18.3 Å². The van der Waals surface area contributed by atoms with Crippen LogP contribution in [0.4, 0.5) is 5.69 Å². The van der Waals surface area contributed by atoms with Gasteiger partial charge < -0.3 is 4.90 Å². The molecule has 0 aromatic carbocycles. The molecule has 1 aromatic rings. The van der Waals surface area contributed by atoms with E-state index in [1.165, 1.54) is 18.5 Å². The average Bonchev–Trinajstić information content (AvgIpc) is 2.21. The van der Waals surface area contributed by atoms with E-state index in [2.05, 4.69) is 34.6 Å². The molecular weight excluding hydrogens is 192 g/mol. The lowest BCUT2D eigenvalue weighted by molar-refractivity contribution is 0.593. The molecule has 0 saturated carbocycles. The fraction of sp³-hybridized carbons (Fsp3) is 0.545. The number of aromatic nitrogens is 1. The van der Waals surface area contributed by atoms with Crippen molar-refractivity contribution < 1.29 is 0 Å². The topological polar surface area (TPSA) is 16.1 Å². The van der Waals surface area contributed by atoms with Crippen LogP contribution in [0.3, 0.4) is 0 Å². The normalized spacial score (nSPS) is 18.6. The van der Waals surface area contributed by atoms with Gasteiger partial charge in [-0.05, 0) is 31.9 Å². The Labute approximate surface area is 90.7 Å². The van der Waals surface area contributed by atoms with E-state index in [0.29, 0.717) is 5.25 Å². The number of piperidine rings is 1. The number of pyridine rings is 1. The number of hydrogen-bond donors (Lipinski definition) is 1. The number of aryl methyl sites for hydroxylation is 1. The Morgan fingerprint density at radius 1 is 1.36 bits per heavy atom. The van der Waals surface area contributed by atoms with Crippen LogP contribution in [0.5, 0.6) is 0 Å². The number of anilines is 1. The van der Waals surface area contributed by atoms with Gasteiger partial charge in [0.2, 0.25) is 0 Å². The summed E-state index contributed by atoms with van der Waals surface area (Å²) in [7, 11) is 0. The Kier molecular flexibility index (Phi) is 2.96. The number of nitrogens with zero attached hydrogens (tertiary/aromatic N) is 2. The molecule has 1 aliphatic rings. The Hall–Kier alpha value is -0.700. The Morgan fingerprint density at radius 3 is 2.64 bits per heavy atom. The number of hydrogen-bond acceptors (Lipinski definition) is 3. The van der Waals surface area contributed by atoms with Crippen LogP contribution in [0.2, 0.25) is 0 Å². The SMILES string of the molecule is Cc1ccc(N2CCC(S)CC2)cn1. The van der Waals surface area contributed by atoms with Gasteiger partial charge in [0, 0.05) is 24.0 Å². The smallest absolute Gasteiger partial charge is 0.0552 e. The summed E-state index contributed by atoms with van der Waals surface area (Å²) in [5.74, 6) is 0. The predicted molar refractivity (Wildman–Crippen MR) is 63.2 cm³/mol. The van der Waals surface area contributed by atoms with Crippen molar-refractivity contribution in [2.75, 3.05) is 18.0 Å². The van der Waals surface area contributed by atoms with Crippen LogP contribution in [0, 0.1) is 6.92 Å². The molecule has 0 spiro atoms. The summed E-state index contributed by atoms with van der Waals surface area (Å²) in [6, 6.07) is 4.23. The van der Waals surface area contributed by atoms with Gasteiger partial charge in [0.05, 0.1) is 11.9 Å². The molecule has 1 fully saturated rings. The quantitative estimate of drug-likeness (QED) is 0.713. The third-order valence-corrected chi connectivity index (χ3v) is 3.24. The van der Waals surface area contributed by atoms with Crippen molar-refractivity contribution >= 4 is 18.3 Å². The molecule has 2 nitrogen and oxygen atoms in total. The molecular formula is C11H16N2S. The third-order valence-electron chi connectivity index (χ3n) is 2.73. The number of rotatable bonds is 1. The molecule has 0 unspecified atom stereocenters. The van der Waals surface area contributed by atoms with Crippen LogP contribution >= 0.6 is 12.6 Å². The minimum Gasteiger partial charge on any atom is -0.370 e. The van der Waals surface area contributed by atoms with E-state index in [9.17, 15) is 0 Å². The zero-order valence-corrected chi connectivity index (χ0v) is 9.37. The van der Waals surface area contributed by atoms with Crippen molar-refractivity contribution in [3.05, 3.63) is 24.0 Å². The molecule has 1 saturated heterocycles. The monoisotopic (exact) mass is 208 g/mol. The van der Waals surface area contributed by atoms with Crippen LogP contribution in [0.25, 0.3) is 0 Å². The van der Waals surface area contributed by atoms with E-state index < -0.39 is 0 Å². The molecule has 0 amide bonds. The van der Waals surface area contributed by atoms with Crippen LogP contribution < -0.4 is 4.90 Å². The van der Waals surface area contributed by atoms with Gasteiger partial charge in [0.25, 0.3) is 0 Å². The predicted octanol–water partition coefficient (Wildman–Crippen LogP) is 2.29. The van der Waals surface area contributed by atoms with Crippen LogP contribution in [0.1, 0.15) is 18.5 Å². The maximum atomic E-state index is 4.49. The highest BCUT2D eigenvalue weighted by atomic mass is 32.1. The molecule has 1 aromatic heterocycles. The van der Waals surface area contributed by atoms with Gasteiger partial charge in [-0.1, -0.05) is 0 Å². The highest BCUT2D eigenvalue weighted by molar-refractivity contribution is 7.80.